The first-order valence-electron chi connectivity index (χ1n) is 6.19. The molecule has 1 aromatic heterocycles. The predicted molar refractivity (Wildman–Crippen MR) is 74.7 cm³/mol. The molecule has 98 valence electrons. The molecule has 1 N–H and O–H groups in total. The molecule has 1 atom stereocenters. The maximum atomic E-state index is 5.01. The molecular weight excluding hydrogens is 232 g/mol. The van der Waals surface area contributed by atoms with Crippen LogP contribution in [-0.4, -0.2) is 45.3 Å². The van der Waals surface area contributed by atoms with Gasteiger partial charge in [0.25, 0.3) is 0 Å². The van der Waals surface area contributed by atoms with Crippen molar-refractivity contribution >= 4 is 11.3 Å². The van der Waals surface area contributed by atoms with Crippen LogP contribution >= 0.6 is 11.3 Å². The van der Waals surface area contributed by atoms with Gasteiger partial charge in [0.15, 0.2) is 0 Å². The van der Waals surface area contributed by atoms with Crippen molar-refractivity contribution in [2.45, 2.75) is 19.4 Å². The van der Waals surface area contributed by atoms with Gasteiger partial charge in [-0.05, 0) is 38.4 Å². The second-order valence-electron chi connectivity index (χ2n) is 4.27. The van der Waals surface area contributed by atoms with Crippen LogP contribution in [0.5, 0.6) is 0 Å². The summed E-state index contributed by atoms with van der Waals surface area (Å²) < 4.78 is 5.01. The highest BCUT2D eigenvalue weighted by Gasteiger charge is 2.11. The van der Waals surface area contributed by atoms with E-state index in [9.17, 15) is 0 Å². The summed E-state index contributed by atoms with van der Waals surface area (Å²) in [5, 5.41) is 5.57. The average molecular weight is 256 g/mol. The Bertz CT molecular complexity index is 277. The third-order valence-electron chi connectivity index (χ3n) is 2.96. The summed E-state index contributed by atoms with van der Waals surface area (Å²) in [5.41, 5.74) is 0. The molecule has 0 saturated heterocycles. The van der Waals surface area contributed by atoms with Gasteiger partial charge < -0.3 is 10.1 Å². The van der Waals surface area contributed by atoms with Gasteiger partial charge in [0.1, 0.15) is 0 Å². The Kier molecular flexibility index (Phi) is 7.44. The number of rotatable bonds is 9. The van der Waals surface area contributed by atoms with Crippen molar-refractivity contribution in [2.24, 2.45) is 0 Å². The van der Waals surface area contributed by atoms with Crippen molar-refractivity contribution < 1.29 is 4.74 Å². The Morgan fingerprint density at radius 2 is 2.29 bits per heavy atom. The van der Waals surface area contributed by atoms with Crippen LogP contribution in [0.2, 0.25) is 0 Å². The highest BCUT2D eigenvalue weighted by Crippen LogP contribution is 2.22. The van der Waals surface area contributed by atoms with Crippen LogP contribution < -0.4 is 5.32 Å². The molecule has 1 aromatic rings. The van der Waals surface area contributed by atoms with E-state index in [0.717, 1.165) is 32.7 Å². The smallest absolute Gasteiger partial charge is 0.0474 e. The normalized spacial score (nSPS) is 13.2. The molecule has 0 aromatic carbocycles. The lowest BCUT2D eigenvalue weighted by Gasteiger charge is -2.23. The van der Waals surface area contributed by atoms with E-state index in [1.165, 1.54) is 4.88 Å². The van der Waals surface area contributed by atoms with Crippen molar-refractivity contribution in [3.8, 4) is 0 Å². The maximum Gasteiger partial charge on any atom is 0.0474 e. The Morgan fingerprint density at radius 3 is 2.94 bits per heavy atom. The number of ether oxygens (including phenoxy) is 1. The molecule has 4 heteroatoms. The standard InChI is InChI=1S/C13H24N2OS/c1-12(13-6-4-11-17-13)15(2)9-8-14-7-5-10-16-3/h4,6,11-12,14H,5,7-10H2,1-3H3. The van der Waals surface area contributed by atoms with Gasteiger partial charge in [-0.25, -0.2) is 0 Å². The van der Waals surface area contributed by atoms with Crippen molar-refractivity contribution in [3.63, 3.8) is 0 Å². The zero-order valence-corrected chi connectivity index (χ0v) is 11.9. The highest BCUT2D eigenvalue weighted by atomic mass is 32.1. The zero-order chi connectivity index (χ0) is 12.5. The van der Waals surface area contributed by atoms with E-state index >= 15 is 0 Å². The van der Waals surface area contributed by atoms with Gasteiger partial charge in [-0.15, -0.1) is 11.3 Å². The van der Waals surface area contributed by atoms with Crippen LogP contribution in [0.1, 0.15) is 24.3 Å². The lowest BCUT2D eigenvalue weighted by atomic mass is 10.2. The van der Waals surface area contributed by atoms with Gasteiger partial charge >= 0.3 is 0 Å². The number of nitrogens with zero attached hydrogens (tertiary/aromatic N) is 1. The molecule has 0 aliphatic carbocycles. The highest BCUT2D eigenvalue weighted by molar-refractivity contribution is 7.10. The van der Waals surface area contributed by atoms with Crippen molar-refractivity contribution in [2.75, 3.05) is 40.4 Å². The Labute approximate surface area is 109 Å². The topological polar surface area (TPSA) is 24.5 Å². The summed E-state index contributed by atoms with van der Waals surface area (Å²) in [5.74, 6) is 0. The number of thiophene rings is 1. The molecule has 0 aliphatic heterocycles. The fraction of sp³-hybridized carbons (Fsp3) is 0.692. The Hall–Kier alpha value is -0.420. The van der Waals surface area contributed by atoms with Gasteiger partial charge in [-0.1, -0.05) is 6.07 Å². The van der Waals surface area contributed by atoms with Crippen molar-refractivity contribution in [3.05, 3.63) is 22.4 Å². The second-order valence-corrected chi connectivity index (χ2v) is 5.25. The molecule has 0 radical (unpaired) electrons. The van der Waals surface area contributed by atoms with E-state index in [4.69, 9.17) is 4.74 Å². The van der Waals surface area contributed by atoms with Gasteiger partial charge in [0.05, 0.1) is 0 Å². The molecule has 0 spiro atoms. The van der Waals surface area contributed by atoms with Crippen molar-refractivity contribution in [1.82, 2.24) is 10.2 Å². The minimum atomic E-state index is 0.510. The van der Waals surface area contributed by atoms with E-state index in [1.807, 2.05) is 11.3 Å². The number of hydrogen-bond donors (Lipinski definition) is 1. The third kappa shape index (κ3) is 5.64. The van der Waals surface area contributed by atoms with E-state index in [0.29, 0.717) is 6.04 Å². The van der Waals surface area contributed by atoms with E-state index < -0.39 is 0 Å². The van der Waals surface area contributed by atoms with Gasteiger partial charge in [-0.2, -0.15) is 0 Å². The largest absolute Gasteiger partial charge is 0.385 e. The molecule has 0 aliphatic rings. The first kappa shape index (κ1) is 14.6. The zero-order valence-electron chi connectivity index (χ0n) is 11.1. The van der Waals surface area contributed by atoms with Gasteiger partial charge in [-0.3, -0.25) is 4.90 Å². The Morgan fingerprint density at radius 1 is 1.47 bits per heavy atom. The molecule has 1 heterocycles. The average Bonchev–Trinajstić information content (AvgIpc) is 2.86. The summed E-state index contributed by atoms with van der Waals surface area (Å²) in [6.07, 6.45) is 1.08. The molecule has 17 heavy (non-hydrogen) atoms. The molecule has 3 nitrogen and oxygen atoms in total. The van der Waals surface area contributed by atoms with E-state index in [2.05, 4.69) is 41.7 Å². The minimum Gasteiger partial charge on any atom is -0.385 e. The number of methoxy groups -OCH3 is 1. The van der Waals surface area contributed by atoms with Crippen LogP contribution in [0, 0.1) is 0 Å². The van der Waals surface area contributed by atoms with Crippen LogP contribution in [-0.2, 0) is 4.74 Å². The van der Waals surface area contributed by atoms with Crippen LogP contribution in [0.4, 0.5) is 0 Å². The molecule has 0 fully saturated rings. The molecule has 0 bridgehead atoms. The summed E-state index contributed by atoms with van der Waals surface area (Å²) in [6, 6.07) is 4.83. The third-order valence-corrected chi connectivity index (χ3v) is 4.00. The van der Waals surface area contributed by atoms with E-state index in [1.54, 1.807) is 7.11 Å². The fourth-order valence-electron chi connectivity index (χ4n) is 1.66. The molecule has 1 rings (SSSR count). The minimum absolute atomic E-state index is 0.510. The first-order chi connectivity index (χ1) is 8.25. The van der Waals surface area contributed by atoms with Gasteiger partial charge in [0.2, 0.25) is 0 Å². The first-order valence-corrected chi connectivity index (χ1v) is 7.07. The predicted octanol–water partition coefficient (Wildman–Crippen LogP) is 2.37. The Balaban J connectivity index is 2.10. The van der Waals surface area contributed by atoms with Gasteiger partial charge in [0, 0.05) is 37.7 Å². The lowest BCUT2D eigenvalue weighted by molar-refractivity contribution is 0.193. The molecular formula is C13H24N2OS. The summed E-state index contributed by atoms with van der Waals surface area (Å²) in [6.45, 7) is 6.25. The quantitative estimate of drug-likeness (QED) is 0.687. The van der Waals surface area contributed by atoms with Crippen LogP contribution in [0.15, 0.2) is 17.5 Å². The summed E-state index contributed by atoms with van der Waals surface area (Å²) in [4.78, 5) is 3.82. The fourth-order valence-corrected chi connectivity index (χ4v) is 2.51. The second kappa shape index (κ2) is 8.64. The lowest BCUT2D eigenvalue weighted by Crippen LogP contribution is -2.31. The number of hydrogen-bond acceptors (Lipinski definition) is 4. The molecule has 1 unspecified atom stereocenters. The SMILES string of the molecule is COCCCNCCN(C)C(C)c1cccs1. The number of likely N-dealkylation sites (N-methyl/N-ethyl adjacent to an activating group) is 1. The maximum absolute atomic E-state index is 5.01. The molecule has 0 amide bonds. The van der Waals surface area contributed by atoms with Crippen LogP contribution in [0.3, 0.4) is 0 Å². The number of nitrogens with one attached hydrogen (secondary N) is 1. The van der Waals surface area contributed by atoms with E-state index in [-0.39, 0.29) is 0 Å². The summed E-state index contributed by atoms with van der Waals surface area (Å²) in [7, 11) is 3.93. The monoisotopic (exact) mass is 256 g/mol. The van der Waals surface area contributed by atoms with Crippen molar-refractivity contribution in [1.29, 1.82) is 0 Å². The summed E-state index contributed by atoms with van der Waals surface area (Å²) >= 11 is 1.83. The molecule has 0 saturated carbocycles. The van der Waals surface area contributed by atoms with Crippen LogP contribution in [0.25, 0.3) is 0 Å².